The molecule has 2 saturated carbocycles. The summed E-state index contributed by atoms with van der Waals surface area (Å²) in [6, 6.07) is 5.86. The van der Waals surface area contributed by atoms with Gasteiger partial charge in [-0.25, -0.2) is 13.1 Å². The Balaban J connectivity index is 1.57. The Morgan fingerprint density at radius 2 is 1.48 bits per heavy atom. The molecular formula is C17H22N2O5S. The van der Waals surface area contributed by atoms with Crippen LogP contribution in [0.15, 0.2) is 29.2 Å². The van der Waals surface area contributed by atoms with Crippen LogP contribution in [0.25, 0.3) is 0 Å². The second kappa shape index (κ2) is 7.13. The molecule has 0 spiro atoms. The lowest BCUT2D eigenvalue weighted by Gasteiger charge is -2.26. The van der Waals surface area contributed by atoms with Gasteiger partial charge >= 0.3 is 5.97 Å². The van der Waals surface area contributed by atoms with Crippen LogP contribution in [0, 0.1) is 5.92 Å². The first-order valence-electron chi connectivity index (χ1n) is 8.51. The zero-order valence-electron chi connectivity index (χ0n) is 13.8. The van der Waals surface area contributed by atoms with Crippen molar-refractivity contribution in [2.45, 2.75) is 55.5 Å². The van der Waals surface area contributed by atoms with Crippen LogP contribution in [0.5, 0.6) is 0 Å². The molecule has 1 aromatic rings. The standard InChI is InChI=1S/C17H22N2O5S/c20-16(18-13-5-1-12(2-6-13)17(21)22)11-3-9-15(10-4-11)25(23,24)19-14-7-8-14/h3-4,9-10,12-14,19H,1-2,5-8H2,(H,18,20)(H,21,22). The highest BCUT2D eigenvalue weighted by molar-refractivity contribution is 7.89. The molecule has 3 rings (SSSR count). The highest BCUT2D eigenvalue weighted by Crippen LogP contribution is 2.25. The minimum atomic E-state index is -3.52. The van der Waals surface area contributed by atoms with Crippen molar-refractivity contribution in [1.29, 1.82) is 0 Å². The van der Waals surface area contributed by atoms with E-state index in [4.69, 9.17) is 5.11 Å². The maximum Gasteiger partial charge on any atom is 0.306 e. The van der Waals surface area contributed by atoms with Crippen molar-refractivity contribution in [3.63, 3.8) is 0 Å². The number of hydrogen-bond acceptors (Lipinski definition) is 4. The predicted molar refractivity (Wildman–Crippen MR) is 90.6 cm³/mol. The summed E-state index contributed by atoms with van der Waals surface area (Å²) in [7, 11) is -3.52. The first-order valence-corrected chi connectivity index (χ1v) is 9.99. The Hall–Kier alpha value is -1.93. The fourth-order valence-electron chi connectivity index (χ4n) is 3.03. The zero-order valence-corrected chi connectivity index (χ0v) is 14.6. The molecule has 0 unspecified atom stereocenters. The zero-order chi connectivity index (χ0) is 18.0. The summed E-state index contributed by atoms with van der Waals surface area (Å²) in [6.07, 6.45) is 4.13. The summed E-state index contributed by atoms with van der Waals surface area (Å²) in [5.74, 6) is -1.36. The Labute approximate surface area is 146 Å². The van der Waals surface area contributed by atoms with Gasteiger partial charge in [-0.3, -0.25) is 9.59 Å². The van der Waals surface area contributed by atoms with Crippen molar-refractivity contribution >= 4 is 21.9 Å². The van der Waals surface area contributed by atoms with E-state index >= 15 is 0 Å². The Kier molecular flexibility index (Phi) is 5.10. The first-order chi connectivity index (χ1) is 11.8. The molecule has 7 nitrogen and oxygen atoms in total. The molecule has 3 N–H and O–H groups in total. The molecule has 25 heavy (non-hydrogen) atoms. The molecule has 0 aromatic heterocycles. The molecule has 0 bridgehead atoms. The largest absolute Gasteiger partial charge is 0.481 e. The van der Waals surface area contributed by atoms with Crippen LogP contribution in [-0.4, -0.2) is 37.5 Å². The summed E-state index contributed by atoms with van der Waals surface area (Å²) in [5, 5.41) is 11.9. The predicted octanol–water partition coefficient (Wildman–Crippen LogP) is 1.50. The molecule has 2 aliphatic carbocycles. The number of carbonyl (C=O) groups excluding carboxylic acids is 1. The van der Waals surface area contributed by atoms with E-state index < -0.39 is 16.0 Å². The van der Waals surface area contributed by atoms with Crippen LogP contribution >= 0.6 is 0 Å². The Bertz CT molecular complexity index is 748. The second-order valence-corrected chi connectivity index (χ2v) is 8.49. The van der Waals surface area contributed by atoms with Gasteiger partial charge in [0.05, 0.1) is 10.8 Å². The smallest absolute Gasteiger partial charge is 0.306 e. The van der Waals surface area contributed by atoms with Gasteiger partial charge in [-0.2, -0.15) is 0 Å². The van der Waals surface area contributed by atoms with Crippen molar-refractivity contribution in [1.82, 2.24) is 10.0 Å². The SMILES string of the molecule is O=C(NC1CCC(C(=O)O)CC1)c1ccc(S(=O)(=O)NC2CC2)cc1. The lowest BCUT2D eigenvalue weighted by atomic mass is 9.86. The summed E-state index contributed by atoms with van der Waals surface area (Å²) in [6.45, 7) is 0. The van der Waals surface area contributed by atoms with Gasteiger partial charge < -0.3 is 10.4 Å². The third kappa shape index (κ3) is 4.58. The van der Waals surface area contributed by atoms with E-state index in [0.717, 1.165) is 12.8 Å². The van der Waals surface area contributed by atoms with Crippen LogP contribution in [-0.2, 0) is 14.8 Å². The molecular weight excluding hydrogens is 344 g/mol. The average molecular weight is 366 g/mol. The van der Waals surface area contributed by atoms with Gasteiger partial charge in [0.2, 0.25) is 10.0 Å². The molecule has 136 valence electrons. The fraction of sp³-hybridized carbons (Fsp3) is 0.529. The molecule has 0 saturated heterocycles. The molecule has 0 aliphatic heterocycles. The number of carboxylic acids is 1. The summed E-state index contributed by atoms with van der Waals surface area (Å²) in [5.41, 5.74) is 0.394. The van der Waals surface area contributed by atoms with Crippen molar-refractivity contribution in [2.24, 2.45) is 5.92 Å². The monoisotopic (exact) mass is 366 g/mol. The van der Waals surface area contributed by atoms with Crippen molar-refractivity contribution in [2.75, 3.05) is 0 Å². The molecule has 0 radical (unpaired) electrons. The number of carboxylic acid groups (broad SMARTS) is 1. The maximum absolute atomic E-state index is 12.3. The number of sulfonamides is 1. The number of rotatable bonds is 6. The lowest BCUT2D eigenvalue weighted by molar-refractivity contribution is -0.142. The number of carbonyl (C=O) groups is 2. The van der Waals surface area contributed by atoms with Crippen LogP contribution in [0.3, 0.4) is 0 Å². The van der Waals surface area contributed by atoms with Gasteiger partial charge in [-0.05, 0) is 62.8 Å². The Morgan fingerprint density at radius 3 is 2.00 bits per heavy atom. The molecule has 1 aromatic carbocycles. The van der Waals surface area contributed by atoms with Gasteiger partial charge in [-0.1, -0.05) is 0 Å². The summed E-state index contributed by atoms with van der Waals surface area (Å²) >= 11 is 0. The molecule has 1 amide bonds. The highest BCUT2D eigenvalue weighted by Gasteiger charge is 2.29. The maximum atomic E-state index is 12.3. The van der Waals surface area contributed by atoms with Gasteiger partial charge in [0.15, 0.2) is 0 Å². The molecule has 2 fully saturated rings. The van der Waals surface area contributed by atoms with E-state index in [1.54, 1.807) is 0 Å². The molecule has 8 heteroatoms. The minimum Gasteiger partial charge on any atom is -0.481 e. The lowest BCUT2D eigenvalue weighted by Crippen LogP contribution is -2.38. The van der Waals surface area contributed by atoms with E-state index in [0.29, 0.717) is 31.2 Å². The number of aliphatic carboxylic acids is 1. The van der Waals surface area contributed by atoms with Crippen LogP contribution in [0.2, 0.25) is 0 Å². The normalized spacial score (nSPS) is 23.8. The number of amides is 1. The second-order valence-electron chi connectivity index (χ2n) is 6.78. The van der Waals surface area contributed by atoms with Crippen LogP contribution in [0.1, 0.15) is 48.9 Å². The highest BCUT2D eigenvalue weighted by atomic mass is 32.2. The summed E-state index contributed by atoms with van der Waals surface area (Å²) in [4.78, 5) is 23.4. The van der Waals surface area contributed by atoms with E-state index in [1.165, 1.54) is 24.3 Å². The fourth-order valence-corrected chi connectivity index (χ4v) is 4.33. The molecule has 0 heterocycles. The first kappa shape index (κ1) is 17.9. The van der Waals surface area contributed by atoms with Crippen molar-refractivity contribution < 1.29 is 23.1 Å². The van der Waals surface area contributed by atoms with Gasteiger partial charge in [0, 0.05) is 17.6 Å². The number of hydrogen-bond donors (Lipinski definition) is 3. The van der Waals surface area contributed by atoms with Crippen LogP contribution in [0.4, 0.5) is 0 Å². The van der Waals surface area contributed by atoms with E-state index in [1.807, 2.05) is 0 Å². The topological polar surface area (TPSA) is 113 Å². The number of benzene rings is 1. The third-order valence-electron chi connectivity index (χ3n) is 4.74. The average Bonchev–Trinajstić information content (AvgIpc) is 3.38. The third-order valence-corrected chi connectivity index (χ3v) is 6.27. The Morgan fingerprint density at radius 1 is 0.920 bits per heavy atom. The van der Waals surface area contributed by atoms with Crippen molar-refractivity contribution in [3.8, 4) is 0 Å². The van der Waals surface area contributed by atoms with E-state index in [2.05, 4.69) is 10.0 Å². The van der Waals surface area contributed by atoms with Crippen LogP contribution < -0.4 is 10.0 Å². The van der Waals surface area contributed by atoms with Gasteiger partial charge in [-0.15, -0.1) is 0 Å². The van der Waals surface area contributed by atoms with Gasteiger partial charge in [0.1, 0.15) is 0 Å². The summed E-state index contributed by atoms with van der Waals surface area (Å²) < 4.78 is 26.8. The van der Waals surface area contributed by atoms with E-state index in [-0.39, 0.29) is 28.8 Å². The quantitative estimate of drug-likeness (QED) is 0.706. The van der Waals surface area contributed by atoms with Crippen molar-refractivity contribution in [3.05, 3.63) is 29.8 Å². The van der Waals surface area contributed by atoms with Gasteiger partial charge in [0.25, 0.3) is 5.91 Å². The van der Waals surface area contributed by atoms with E-state index in [9.17, 15) is 18.0 Å². The minimum absolute atomic E-state index is 0.0360. The molecule has 0 atom stereocenters. The number of nitrogens with one attached hydrogen (secondary N) is 2. The molecule has 2 aliphatic rings.